The molecule has 1 N–H and O–H groups in total. The number of pyridine rings is 1. The number of fused-ring (bicyclic) bond motifs is 1. The van der Waals surface area contributed by atoms with Crippen LogP contribution in [0.25, 0.3) is 22.4 Å². The van der Waals surface area contributed by atoms with Crippen LogP contribution in [0.3, 0.4) is 0 Å². The monoisotopic (exact) mass is 310 g/mol. The topological polar surface area (TPSA) is 80.8 Å². The summed E-state index contributed by atoms with van der Waals surface area (Å²) in [6.45, 7) is 5.66. The van der Waals surface area contributed by atoms with Crippen LogP contribution < -0.4 is 4.74 Å². The van der Waals surface area contributed by atoms with E-state index in [4.69, 9.17) is 4.74 Å². The number of hydrogen-bond donors (Lipinski definition) is 1. The van der Waals surface area contributed by atoms with E-state index in [0.29, 0.717) is 28.2 Å². The molecule has 0 aliphatic carbocycles. The predicted molar refractivity (Wildman–Crippen MR) is 87.5 cm³/mol. The maximum absolute atomic E-state index is 12.6. The lowest BCUT2D eigenvalue weighted by molar-refractivity contribution is 0.0860. The Labute approximate surface area is 134 Å². The van der Waals surface area contributed by atoms with Gasteiger partial charge in [0.15, 0.2) is 11.4 Å². The van der Waals surface area contributed by atoms with Crippen molar-refractivity contribution < 1.29 is 9.53 Å². The Morgan fingerprint density at radius 2 is 2.00 bits per heavy atom. The summed E-state index contributed by atoms with van der Waals surface area (Å²) in [5, 5.41) is 0. The molecule has 0 spiro atoms. The first kappa shape index (κ1) is 15.1. The minimum absolute atomic E-state index is 0.0268. The van der Waals surface area contributed by atoms with Crippen LogP contribution in [-0.4, -0.2) is 32.8 Å². The quantitative estimate of drug-likeness (QED) is 0.751. The third-order valence-electron chi connectivity index (χ3n) is 3.55. The number of nitrogens with one attached hydrogen (secondary N) is 1. The number of aromatic nitrogens is 4. The third kappa shape index (κ3) is 2.79. The molecule has 6 nitrogen and oxygen atoms in total. The maximum atomic E-state index is 12.6. The molecule has 3 aromatic rings. The van der Waals surface area contributed by atoms with Gasteiger partial charge in [0, 0.05) is 23.4 Å². The Morgan fingerprint density at radius 1 is 1.22 bits per heavy atom. The van der Waals surface area contributed by atoms with Crippen LogP contribution in [0.5, 0.6) is 5.75 Å². The molecule has 0 bridgehead atoms. The summed E-state index contributed by atoms with van der Waals surface area (Å²) in [4.78, 5) is 28.7. The second kappa shape index (κ2) is 5.46. The van der Waals surface area contributed by atoms with Crippen LogP contribution >= 0.6 is 0 Å². The molecule has 23 heavy (non-hydrogen) atoms. The van der Waals surface area contributed by atoms with E-state index in [1.165, 1.54) is 0 Å². The molecule has 0 radical (unpaired) electrons. The SMILES string of the molecule is COc1cncc(-c2cnc3[nH]cc(C(=O)C(C)(C)C)c3n2)c1. The smallest absolute Gasteiger partial charge is 0.171 e. The molecular formula is C17H18N4O2. The molecule has 0 amide bonds. The van der Waals surface area contributed by atoms with Crippen LogP contribution in [0.15, 0.2) is 30.9 Å². The van der Waals surface area contributed by atoms with Crippen molar-refractivity contribution in [2.45, 2.75) is 20.8 Å². The lowest BCUT2D eigenvalue weighted by Gasteiger charge is -2.15. The minimum atomic E-state index is -0.482. The number of H-pyrrole nitrogens is 1. The average molecular weight is 310 g/mol. The highest BCUT2D eigenvalue weighted by Gasteiger charge is 2.26. The van der Waals surface area contributed by atoms with E-state index < -0.39 is 5.41 Å². The van der Waals surface area contributed by atoms with E-state index in [9.17, 15) is 4.79 Å². The van der Waals surface area contributed by atoms with Gasteiger partial charge in [-0.2, -0.15) is 0 Å². The molecule has 0 saturated heterocycles. The molecule has 0 saturated carbocycles. The van der Waals surface area contributed by atoms with Crippen LogP contribution in [0, 0.1) is 5.41 Å². The lowest BCUT2D eigenvalue weighted by atomic mass is 9.87. The number of aromatic amines is 1. The van der Waals surface area contributed by atoms with Crippen molar-refractivity contribution >= 4 is 16.9 Å². The van der Waals surface area contributed by atoms with Crippen molar-refractivity contribution in [2.75, 3.05) is 7.11 Å². The van der Waals surface area contributed by atoms with Gasteiger partial charge in [0.25, 0.3) is 0 Å². The van der Waals surface area contributed by atoms with Crippen LogP contribution in [0.1, 0.15) is 31.1 Å². The molecule has 3 heterocycles. The zero-order valence-corrected chi connectivity index (χ0v) is 13.5. The summed E-state index contributed by atoms with van der Waals surface area (Å²) in [5.41, 5.74) is 2.67. The number of carbonyl (C=O) groups excluding carboxylic acids is 1. The van der Waals surface area contributed by atoms with Gasteiger partial charge in [0.1, 0.15) is 11.3 Å². The van der Waals surface area contributed by atoms with E-state index >= 15 is 0 Å². The van der Waals surface area contributed by atoms with Crippen molar-refractivity contribution in [2.24, 2.45) is 5.41 Å². The Morgan fingerprint density at radius 3 is 2.70 bits per heavy atom. The number of ether oxygens (including phenoxy) is 1. The largest absolute Gasteiger partial charge is 0.495 e. The fourth-order valence-electron chi connectivity index (χ4n) is 2.28. The molecule has 0 fully saturated rings. The summed E-state index contributed by atoms with van der Waals surface area (Å²) in [6, 6.07) is 1.83. The number of methoxy groups -OCH3 is 1. The van der Waals surface area contributed by atoms with Gasteiger partial charge in [-0.1, -0.05) is 20.8 Å². The Bertz CT molecular complexity index is 878. The Balaban J connectivity index is 2.12. The van der Waals surface area contributed by atoms with Gasteiger partial charge < -0.3 is 9.72 Å². The van der Waals surface area contributed by atoms with Gasteiger partial charge in [-0.05, 0) is 6.07 Å². The number of rotatable bonds is 3. The van der Waals surface area contributed by atoms with E-state index in [1.54, 1.807) is 31.9 Å². The van der Waals surface area contributed by atoms with Crippen molar-refractivity contribution in [3.63, 3.8) is 0 Å². The van der Waals surface area contributed by atoms with Gasteiger partial charge in [0.05, 0.1) is 30.8 Å². The van der Waals surface area contributed by atoms with Gasteiger partial charge in [0.2, 0.25) is 0 Å². The molecule has 0 aliphatic rings. The van der Waals surface area contributed by atoms with Gasteiger partial charge in [-0.25, -0.2) is 9.97 Å². The maximum Gasteiger partial charge on any atom is 0.171 e. The molecule has 3 aromatic heterocycles. The van der Waals surface area contributed by atoms with Gasteiger partial charge in [-0.15, -0.1) is 0 Å². The standard InChI is InChI=1S/C17H18N4O2/c1-17(2,3)15(22)12-8-19-16-14(12)21-13(9-20-16)10-5-11(23-4)7-18-6-10/h5-9H,1-4H3,(H,19,20). The minimum Gasteiger partial charge on any atom is -0.495 e. The highest BCUT2D eigenvalue weighted by molar-refractivity contribution is 6.08. The fourth-order valence-corrected chi connectivity index (χ4v) is 2.28. The summed E-state index contributed by atoms with van der Waals surface area (Å²) < 4.78 is 5.18. The number of hydrogen-bond acceptors (Lipinski definition) is 5. The first-order valence-electron chi connectivity index (χ1n) is 7.28. The molecule has 0 aliphatic heterocycles. The van der Waals surface area contributed by atoms with Crippen molar-refractivity contribution in [1.82, 2.24) is 19.9 Å². The summed E-state index contributed by atoms with van der Waals surface area (Å²) in [6.07, 6.45) is 6.64. The summed E-state index contributed by atoms with van der Waals surface area (Å²) in [7, 11) is 1.59. The van der Waals surface area contributed by atoms with Crippen molar-refractivity contribution in [1.29, 1.82) is 0 Å². The zero-order chi connectivity index (χ0) is 16.6. The van der Waals surface area contributed by atoms with E-state index in [2.05, 4.69) is 19.9 Å². The first-order valence-corrected chi connectivity index (χ1v) is 7.28. The highest BCUT2D eigenvalue weighted by Crippen LogP contribution is 2.27. The second-order valence-electron chi connectivity index (χ2n) is 6.35. The Hall–Kier alpha value is -2.76. The van der Waals surface area contributed by atoms with Crippen LogP contribution in [0.4, 0.5) is 0 Å². The molecule has 0 aromatic carbocycles. The van der Waals surface area contributed by atoms with Crippen molar-refractivity contribution in [3.8, 4) is 17.0 Å². The molecule has 3 rings (SSSR count). The van der Waals surface area contributed by atoms with E-state index in [-0.39, 0.29) is 5.78 Å². The molecule has 6 heteroatoms. The van der Waals surface area contributed by atoms with Crippen LogP contribution in [0.2, 0.25) is 0 Å². The highest BCUT2D eigenvalue weighted by atomic mass is 16.5. The summed E-state index contributed by atoms with van der Waals surface area (Å²) >= 11 is 0. The number of nitrogens with zero attached hydrogens (tertiary/aromatic N) is 3. The normalized spacial score (nSPS) is 11.7. The fraction of sp³-hybridized carbons (Fsp3) is 0.294. The average Bonchev–Trinajstić information content (AvgIpc) is 2.96. The first-order chi connectivity index (χ1) is 10.9. The molecule has 0 atom stereocenters. The predicted octanol–water partition coefficient (Wildman–Crippen LogP) is 3.26. The lowest BCUT2D eigenvalue weighted by Crippen LogP contribution is -2.20. The molecule has 0 unspecified atom stereocenters. The number of carbonyl (C=O) groups is 1. The van der Waals surface area contributed by atoms with Gasteiger partial charge >= 0.3 is 0 Å². The van der Waals surface area contributed by atoms with Gasteiger partial charge in [-0.3, -0.25) is 9.78 Å². The summed E-state index contributed by atoms with van der Waals surface area (Å²) in [5.74, 6) is 0.670. The Kier molecular flexibility index (Phi) is 3.60. The zero-order valence-electron chi connectivity index (χ0n) is 13.5. The van der Waals surface area contributed by atoms with Crippen molar-refractivity contribution in [3.05, 3.63) is 36.4 Å². The van der Waals surface area contributed by atoms with E-state index in [1.807, 2.05) is 26.8 Å². The van der Waals surface area contributed by atoms with E-state index in [0.717, 1.165) is 5.56 Å². The second-order valence-corrected chi connectivity index (χ2v) is 6.35. The van der Waals surface area contributed by atoms with Crippen LogP contribution in [-0.2, 0) is 0 Å². The molecule has 118 valence electrons. The number of Topliss-reactive ketones (excluding diaryl/α,β-unsaturated/α-hetero) is 1. The number of ketones is 1. The molecular weight excluding hydrogens is 292 g/mol. The third-order valence-corrected chi connectivity index (χ3v) is 3.55.